The lowest BCUT2D eigenvalue weighted by molar-refractivity contribution is 0.0693. The van der Waals surface area contributed by atoms with Crippen LogP contribution in [-0.4, -0.2) is 36.3 Å². The number of nitrogens with one attached hydrogen (secondary N) is 1. The summed E-state index contributed by atoms with van der Waals surface area (Å²) in [6.07, 6.45) is 0.857. The summed E-state index contributed by atoms with van der Waals surface area (Å²) in [5.74, 6) is -0.521. The van der Waals surface area contributed by atoms with Crippen LogP contribution in [0, 0.1) is 6.92 Å². The van der Waals surface area contributed by atoms with Crippen molar-refractivity contribution in [3.8, 4) is 5.75 Å². The highest BCUT2D eigenvalue weighted by Gasteiger charge is 2.33. The normalized spacial score (nSPS) is 13.0. The van der Waals surface area contributed by atoms with E-state index in [1.54, 1.807) is 12.1 Å². The summed E-state index contributed by atoms with van der Waals surface area (Å²) < 4.78 is 5.70. The summed E-state index contributed by atoms with van der Waals surface area (Å²) in [5, 5.41) is 2.82. The summed E-state index contributed by atoms with van der Waals surface area (Å²) in [5.41, 5.74) is 2.46. The van der Waals surface area contributed by atoms with E-state index in [4.69, 9.17) is 4.74 Å². The molecule has 0 bridgehead atoms. The van der Waals surface area contributed by atoms with E-state index in [1.807, 2.05) is 26.0 Å². The molecule has 0 atom stereocenters. The van der Waals surface area contributed by atoms with Gasteiger partial charge in [0.1, 0.15) is 5.75 Å². The second kappa shape index (κ2) is 7.00. The Morgan fingerprint density at radius 3 is 2.54 bits per heavy atom. The molecule has 1 N–H and O–H groups in total. The molecule has 1 aliphatic rings. The summed E-state index contributed by atoms with van der Waals surface area (Å²) >= 11 is 0. The van der Waals surface area contributed by atoms with Crippen LogP contribution in [0.5, 0.6) is 5.75 Å². The van der Waals surface area contributed by atoms with E-state index in [2.05, 4.69) is 5.32 Å². The smallest absolute Gasteiger partial charge is 0.261 e. The summed E-state index contributed by atoms with van der Waals surface area (Å²) in [6.45, 7) is 4.51. The van der Waals surface area contributed by atoms with Gasteiger partial charge in [0.25, 0.3) is 17.7 Å². The van der Waals surface area contributed by atoms with Gasteiger partial charge in [0.2, 0.25) is 0 Å². The van der Waals surface area contributed by atoms with E-state index < -0.39 is 5.91 Å². The number of hydrogen-bond acceptors (Lipinski definition) is 4. The molecule has 0 fully saturated rings. The molecule has 0 saturated carbocycles. The van der Waals surface area contributed by atoms with E-state index in [0.717, 1.165) is 16.9 Å². The summed E-state index contributed by atoms with van der Waals surface area (Å²) in [7, 11) is 1.42. The number of fused-ring (bicyclic) bond motifs is 1. The first-order chi connectivity index (χ1) is 12.4. The molecule has 1 heterocycles. The van der Waals surface area contributed by atoms with Gasteiger partial charge in [-0.3, -0.25) is 19.3 Å². The van der Waals surface area contributed by atoms with Crippen LogP contribution in [0.15, 0.2) is 36.4 Å². The second-order valence-electron chi connectivity index (χ2n) is 6.23. The molecule has 134 valence electrons. The first kappa shape index (κ1) is 17.7. The third kappa shape index (κ3) is 3.18. The molecule has 26 heavy (non-hydrogen) atoms. The van der Waals surface area contributed by atoms with E-state index in [-0.39, 0.29) is 17.4 Å². The maximum atomic E-state index is 12.6. The van der Waals surface area contributed by atoms with Crippen LogP contribution in [0.2, 0.25) is 0 Å². The fraction of sp³-hybridized carbons (Fsp3) is 0.250. The highest BCUT2D eigenvalue weighted by molar-refractivity contribution is 6.22. The van der Waals surface area contributed by atoms with Gasteiger partial charge in [0.05, 0.1) is 23.4 Å². The Bertz CT molecular complexity index is 905. The zero-order chi connectivity index (χ0) is 18.8. The number of anilines is 1. The van der Waals surface area contributed by atoms with Crippen molar-refractivity contribution in [2.75, 3.05) is 19.0 Å². The number of aryl methyl sites for hydroxylation is 1. The van der Waals surface area contributed by atoms with Crippen molar-refractivity contribution in [2.45, 2.75) is 20.3 Å². The molecule has 0 saturated heterocycles. The largest absolute Gasteiger partial charge is 0.491 e. The number of hydrogen-bond donors (Lipinski definition) is 1. The first-order valence-electron chi connectivity index (χ1n) is 8.43. The van der Waals surface area contributed by atoms with Crippen molar-refractivity contribution in [2.24, 2.45) is 0 Å². The van der Waals surface area contributed by atoms with E-state index in [9.17, 15) is 14.4 Å². The Labute approximate surface area is 151 Å². The van der Waals surface area contributed by atoms with Gasteiger partial charge in [-0.2, -0.15) is 0 Å². The molecule has 0 aromatic heterocycles. The van der Waals surface area contributed by atoms with Crippen molar-refractivity contribution in [3.63, 3.8) is 0 Å². The average Bonchev–Trinajstić information content (AvgIpc) is 2.85. The number of benzene rings is 2. The lowest BCUT2D eigenvalue weighted by Gasteiger charge is -2.13. The number of nitrogens with zero attached hydrogens (tertiary/aromatic N) is 1. The summed E-state index contributed by atoms with van der Waals surface area (Å²) in [4.78, 5) is 37.7. The molecule has 6 heteroatoms. The molecular weight excluding hydrogens is 332 g/mol. The number of carbonyl (C=O) groups is 3. The van der Waals surface area contributed by atoms with Crippen molar-refractivity contribution in [3.05, 3.63) is 58.7 Å². The zero-order valence-corrected chi connectivity index (χ0v) is 15.0. The van der Waals surface area contributed by atoms with Crippen LogP contribution in [-0.2, 0) is 0 Å². The van der Waals surface area contributed by atoms with Gasteiger partial charge in [-0.15, -0.1) is 0 Å². The molecular formula is C20H20N2O4. The van der Waals surface area contributed by atoms with Crippen LogP contribution in [0.3, 0.4) is 0 Å². The molecule has 1 aliphatic heterocycles. The predicted octanol–water partition coefficient (Wildman–Crippen LogP) is 3.26. The minimum atomic E-state index is -0.401. The number of rotatable bonds is 5. The van der Waals surface area contributed by atoms with Gasteiger partial charge in [-0.05, 0) is 49.2 Å². The minimum Gasteiger partial charge on any atom is -0.491 e. The van der Waals surface area contributed by atoms with Crippen LogP contribution in [0.1, 0.15) is 50.0 Å². The maximum absolute atomic E-state index is 12.6. The highest BCUT2D eigenvalue weighted by Crippen LogP contribution is 2.27. The fourth-order valence-corrected chi connectivity index (χ4v) is 2.76. The van der Waals surface area contributed by atoms with E-state index in [1.165, 1.54) is 19.2 Å². The SMILES string of the molecule is CCCOc1cc(C)ccc1NC(=O)c1ccc2c(c1)C(=O)N(C)C2=O. The van der Waals surface area contributed by atoms with Crippen molar-refractivity contribution in [1.82, 2.24) is 4.90 Å². The molecule has 0 aliphatic carbocycles. The van der Waals surface area contributed by atoms with Gasteiger partial charge in [-0.25, -0.2) is 0 Å². The van der Waals surface area contributed by atoms with Gasteiger partial charge in [0.15, 0.2) is 0 Å². The Kier molecular flexibility index (Phi) is 4.75. The Balaban J connectivity index is 1.86. The lowest BCUT2D eigenvalue weighted by atomic mass is 10.1. The number of carbonyl (C=O) groups excluding carboxylic acids is 3. The van der Waals surface area contributed by atoms with Crippen molar-refractivity contribution >= 4 is 23.4 Å². The Hall–Kier alpha value is -3.15. The highest BCUT2D eigenvalue weighted by atomic mass is 16.5. The fourth-order valence-electron chi connectivity index (χ4n) is 2.76. The number of ether oxygens (including phenoxy) is 1. The molecule has 0 unspecified atom stereocenters. The minimum absolute atomic E-state index is 0.247. The van der Waals surface area contributed by atoms with Gasteiger partial charge in [-0.1, -0.05) is 13.0 Å². The zero-order valence-electron chi connectivity index (χ0n) is 15.0. The molecule has 2 aromatic carbocycles. The van der Waals surface area contributed by atoms with Gasteiger partial charge < -0.3 is 10.1 Å². The standard InChI is InChI=1S/C20H20N2O4/c1-4-9-26-17-10-12(2)5-8-16(17)21-18(23)13-6-7-14-15(11-13)20(25)22(3)19(14)24/h5-8,10-11H,4,9H2,1-3H3,(H,21,23). The van der Waals surface area contributed by atoms with Crippen LogP contribution in [0.4, 0.5) is 5.69 Å². The predicted molar refractivity (Wildman–Crippen MR) is 97.8 cm³/mol. The maximum Gasteiger partial charge on any atom is 0.261 e. The topological polar surface area (TPSA) is 75.7 Å². The first-order valence-corrected chi connectivity index (χ1v) is 8.43. The third-order valence-corrected chi connectivity index (χ3v) is 4.20. The third-order valence-electron chi connectivity index (χ3n) is 4.20. The van der Waals surface area contributed by atoms with Crippen LogP contribution >= 0.6 is 0 Å². The molecule has 0 spiro atoms. The van der Waals surface area contributed by atoms with Crippen molar-refractivity contribution < 1.29 is 19.1 Å². The lowest BCUT2D eigenvalue weighted by Crippen LogP contribution is -2.24. The average molecular weight is 352 g/mol. The number of imide groups is 1. The molecule has 3 amide bonds. The molecule has 0 radical (unpaired) electrons. The Morgan fingerprint density at radius 2 is 1.81 bits per heavy atom. The molecule has 2 aromatic rings. The van der Waals surface area contributed by atoms with Crippen LogP contribution in [0.25, 0.3) is 0 Å². The van der Waals surface area contributed by atoms with Crippen LogP contribution < -0.4 is 10.1 Å². The molecule has 3 rings (SSSR count). The quantitative estimate of drug-likeness (QED) is 0.838. The van der Waals surface area contributed by atoms with Crippen molar-refractivity contribution in [1.29, 1.82) is 0 Å². The van der Waals surface area contributed by atoms with Gasteiger partial charge in [0, 0.05) is 12.6 Å². The summed E-state index contributed by atoms with van der Waals surface area (Å²) in [6, 6.07) is 10.0. The van der Waals surface area contributed by atoms with E-state index in [0.29, 0.717) is 29.2 Å². The van der Waals surface area contributed by atoms with Gasteiger partial charge >= 0.3 is 0 Å². The molecule has 6 nitrogen and oxygen atoms in total. The Morgan fingerprint density at radius 1 is 1.08 bits per heavy atom. The van der Waals surface area contributed by atoms with E-state index >= 15 is 0 Å². The number of amides is 3. The second-order valence-corrected chi connectivity index (χ2v) is 6.23. The monoisotopic (exact) mass is 352 g/mol.